The molecule has 0 radical (unpaired) electrons. The van der Waals surface area contributed by atoms with Crippen molar-refractivity contribution in [3.05, 3.63) is 33.8 Å². The molecule has 1 aromatic carbocycles. The number of carbonyl (C=O) groups is 1. The summed E-state index contributed by atoms with van der Waals surface area (Å²) in [6, 6.07) is 5.36. The zero-order chi connectivity index (χ0) is 11.7. The molecule has 1 aromatic rings. The van der Waals surface area contributed by atoms with E-state index in [1.165, 1.54) is 11.8 Å². The lowest BCUT2D eigenvalue weighted by molar-refractivity contribution is -0.117. The van der Waals surface area contributed by atoms with Gasteiger partial charge >= 0.3 is 0 Å². The van der Waals surface area contributed by atoms with E-state index in [2.05, 4.69) is 4.99 Å². The lowest BCUT2D eigenvalue weighted by atomic mass is 10.1. The highest BCUT2D eigenvalue weighted by atomic mass is 35.5. The van der Waals surface area contributed by atoms with Gasteiger partial charge in [0.1, 0.15) is 0 Å². The third kappa shape index (κ3) is 2.34. The van der Waals surface area contributed by atoms with Crippen molar-refractivity contribution in [1.82, 2.24) is 0 Å². The molecule has 2 N–H and O–H groups in total. The number of aliphatic imine (C=N–C) groups is 1. The van der Waals surface area contributed by atoms with E-state index in [0.717, 1.165) is 5.56 Å². The molecule has 0 aliphatic carbocycles. The summed E-state index contributed by atoms with van der Waals surface area (Å²) >= 11 is 13.2. The van der Waals surface area contributed by atoms with Crippen molar-refractivity contribution in [2.45, 2.75) is 11.7 Å². The number of amidine groups is 1. The quantitative estimate of drug-likeness (QED) is 0.902. The Labute approximate surface area is 107 Å². The van der Waals surface area contributed by atoms with Crippen LogP contribution in [-0.2, 0) is 11.2 Å². The molecule has 16 heavy (non-hydrogen) atoms. The Morgan fingerprint density at radius 2 is 2.19 bits per heavy atom. The zero-order valence-electron chi connectivity index (χ0n) is 8.11. The monoisotopic (exact) mass is 274 g/mol. The fraction of sp³-hybridized carbons (Fsp3) is 0.200. The number of nitrogens with two attached hydrogens (primary N) is 1. The second kappa shape index (κ2) is 4.65. The summed E-state index contributed by atoms with van der Waals surface area (Å²) < 4.78 is 0. The van der Waals surface area contributed by atoms with Gasteiger partial charge in [0.2, 0.25) is 0 Å². The molecule has 0 saturated carbocycles. The van der Waals surface area contributed by atoms with Gasteiger partial charge in [-0.05, 0) is 18.1 Å². The Morgan fingerprint density at radius 3 is 2.81 bits per heavy atom. The van der Waals surface area contributed by atoms with Crippen LogP contribution in [0.5, 0.6) is 0 Å². The van der Waals surface area contributed by atoms with Gasteiger partial charge in [-0.2, -0.15) is 4.99 Å². The molecule has 1 heterocycles. The number of benzene rings is 1. The number of hydrogen-bond donors (Lipinski definition) is 1. The zero-order valence-corrected chi connectivity index (χ0v) is 10.4. The Bertz CT molecular complexity index is 476. The van der Waals surface area contributed by atoms with Crippen molar-refractivity contribution in [2.24, 2.45) is 10.7 Å². The molecular formula is C10H8Cl2N2OS. The highest BCUT2D eigenvalue weighted by Crippen LogP contribution is 2.30. The van der Waals surface area contributed by atoms with Gasteiger partial charge in [-0.3, -0.25) is 4.79 Å². The Kier molecular flexibility index (Phi) is 3.42. The average Bonchev–Trinajstić information content (AvgIpc) is 2.53. The number of thioether (sulfide) groups is 1. The van der Waals surface area contributed by atoms with Crippen LogP contribution in [0.1, 0.15) is 5.56 Å². The number of hydrogen-bond acceptors (Lipinski definition) is 3. The van der Waals surface area contributed by atoms with E-state index >= 15 is 0 Å². The molecule has 84 valence electrons. The SMILES string of the molecule is NC1=NC(=O)[C@H](Cc2cccc(Cl)c2Cl)S1. The van der Waals surface area contributed by atoms with E-state index in [4.69, 9.17) is 28.9 Å². The number of nitrogens with zero attached hydrogens (tertiary/aromatic N) is 1. The average molecular weight is 275 g/mol. The van der Waals surface area contributed by atoms with Gasteiger partial charge < -0.3 is 5.73 Å². The number of rotatable bonds is 2. The standard InChI is InChI=1S/C10H8Cl2N2OS/c11-6-3-1-2-5(8(6)12)4-7-9(15)14-10(13)16-7/h1-3,7H,4H2,(H2,13,14,15)/t7-/m0/s1. The molecule has 3 nitrogen and oxygen atoms in total. The second-order valence-electron chi connectivity index (χ2n) is 3.31. The van der Waals surface area contributed by atoms with E-state index in [0.29, 0.717) is 21.6 Å². The smallest absolute Gasteiger partial charge is 0.261 e. The van der Waals surface area contributed by atoms with E-state index in [1.807, 2.05) is 6.07 Å². The molecule has 1 atom stereocenters. The maximum atomic E-state index is 11.4. The van der Waals surface area contributed by atoms with Gasteiger partial charge in [0.15, 0.2) is 5.17 Å². The number of amides is 1. The molecule has 6 heteroatoms. The molecular weight excluding hydrogens is 267 g/mol. The second-order valence-corrected chi connectivity index (χ2v) is 5.32. The van der Waals surface area contributed by atoms with Crippen LogP contribution in [0.4, 0.5) is 0 Å². The summed E-state index contributed by atoms with van der Waals surface area (Å²) in [6.07, 6.45) is 0.493. The van der Waals surface area contributed by atoms with E-state index < -0.39 is 0 Å². The highest BCUT2D eigenvalue weighted by molar-refractivity contribution is 8.15. The summed E-state index contributed by atoms with van der Waals surface area (Å²) in [7, 11) is 0. The molecule has 1 aliphatic rings. The lowest BCUT2D eigenvalue weighted by Gasteiger charge is -2.08. The van der Waals surface area contributed by atoms with Crippen molar-refractivity contribution in [1.29, 1.82) is 0 Å². The van der Waals surface area contributed by atoms with Crippen molar-refractivity contribution in [3.8, 4) is 0 Å². The first-order valence-electron chi connectivity index (χ1n) is 4.55. The van der Waals surface area contributed by atoms with E-state index in [1.54, 1.807) is 12.1 Å². The van der Waals surface area contributed by atoms with Gasteiger partial charge in [-0.1, -0.05) is 47.1 Å². The van der Waals surface area contributed by atoms with Crippen LogP contribution in [0.3, 0.4) is 0 Å². The Morgan fingerprint density at radius 1 is 1.44 bits per heavy atom. The summed E-state index contributed by atoms with van der Waals surface area (Å²) in [5.74, 6) is -0.210. The fourth-order valence-corrected chi connectivity index (χ4v) is 2.69. The first-order chi connectivity index (χ1) is 7.58. The van der Waals surface area contributed by atoms with Gasteiger partial charge in [-0.15, -0.1) is 0 Å². The summed E-state index contributed by atoms with van der Waals surface area (Å²) in [5, 5.41) is 1.01. The predicted octanol–water partition coefficient (Wildman–Crippen LogP) is 2.49. The molecule has 2 rings (SSSR count). The van der Waals surface area contributed by atoms with Crippen LogP contribution in [0.15, 0.2) is 23.2 Å². The summed E-state index contributed by atoms with van der Waals surface area (Å²) in [5.41, 5.74) is 6.31. The molecule has 0 spiro atoms. The first-order valence-corrected chi connectivity index (χ1v) is 6.19. The topological polar surface area (TPSA) is 55.4 Å². The Balaban J connectivity index is 2.17. The third-order valence-corrected chi connectivity index (χ3v) is 4.04. The van der Waals surface area contributed by atoms with Crippen molar-refractivity contribution in [2.75, 3.05) is 0 Å². The van der Waals surface area contributed by atoms with Crippen molar-refractivity contribution in [3.63, 3.8) is 0 Å². The molecule has 0 unspecified atom stereocenters. The minimum Gasteiger partial charge on any atom is -0.378 e. The Hall–Kier alpha value is -0.710. The molecule has 0 aromatic heterocycles. The number of halogens is 2. The largest absolute Gasteiger partial charge is 0.378 e. The molecule has 1 amide bonds. The maximum absolute atomic E-state index is 11.4. The summed E-state index contributed by atoms with van der Waals surface area (Å²) in [4.78, 5) is 15.1. The van der Waals surface area contributed by atoms with Crippen molar-refractivity contribution >= 4 is 46.0 Å². The van der Waals surface area contributed by atoms with E-state index in [9.17, 15) is 4.79 Å². The van der Waals surface area contributed by atoms with Crippen molar-refractivity contribution < 1.29 is 4.79 Å². The van der Waals surface area contributed by atoms with Crippen LogP contribution >= 0.6 is 35.0 Å². The van der Waals surface area contributed by atoms with E-state index in [-0.39, 0.29) is 11.2 Å². The van der Waals surface area contributed by atoms with Gasteiger partial charge in [0.25, 0.3) is 5.91 Å². The lowest BCUT2D eigenvalue weighted by Crippen LogP contribution is -2.14. The van der Waals surface area contributed by atoms with Gasteiger partial charge in [-0.25, -0.2) is 0 Å². The number of carbonyl (C=O) groups excluding carboxylic acids is 1. The first kappa shape index (κ1) is 11.8. The highest BCUT2D eigenvalue weighted by Gasteiger charge is 2.27. The minimum absolute atomic E-state index is 0.210. The summed E-state index contributed by atoms with van der Waals surface area (Å²) in [6.45, 7) is 0. The third-order valence-electron chi connectivity index (χ3n) is 2.20. The van der Waals surface area contributed by atoms with Crippen LogP contribution in [0.25, 0.3) is 0 Å². The van der Waals surface area contributed by atoms with Crippen LogP contribution in [-0.4, -0.2) is 16.3 Å². The van der Waals surface area contributed by atoms with Crippen LogP contribution in [0, 0.1) is 0 Å². The van der Waals surface area contributed by atoms with Crippen LogP contribution < -0.4 is 5.73 Å². The fourth-order valence-electron chi connectivity index (χ4n) is 1.44. The molecule has 0 bridgehead atoms. The van der Waals surface area contributed by atoms with Crippen LogP contribution in [0.2, 0.25) is 10.0 Å². The minimum atomic E-state index is -0.282. The van der Waals surface area contributed by atoms with Gasteiger partial charge in [0.05, 0.1) is 15.3 Å². The maximum Gasteiger partial charge on any atom is 0.261 e. The molecule has 0 saturated heterocycles. The predicted molar refractivity (Wildman–Crippen MR) is 68.2 cm³/mol. The normalized spacial score (nSPS) is 20.0. The molecule has 0 fully saturated rings. The molecule has 1 aliphatic heterocycles. The van der Waals surface area contributed by atoms with Gasteiger partial charge in [0, 0.05) is 0 Å².